The molecule has 11 heteroatoms. The van der Waals surface area contributed by atoms with E-state index in [0.717, 1.165) is 17.7 Å². The van der Waals surface area contributed by atoms with Crippen LogP contribution < -0.4 is 14.8 Å². The summed E-state index contributed by atoms with van der Waals surface area (Å²) in [7, 11) is -4.06. The molecule has 3 rings (SSSR count). The maximum absolute atomic E-state index is 13.1. The summed E-state index contributed by atoms with van der Waals surface area (Å²) in [6.07, 6.45) is -3.22. The van der Waals surface area contributed by atoms with Gasteiger partial charge in [-0.1, -0.05) is 18.2 Å². The number of amides is 1. The molecule has 1 atom stereocenters. The van der Waals surface area contributed by atoms with Gasteiger partial charge in [-0.25, -0.2) is 17.5 Å². The summed E-state index contributed by atoms with van der Waals surface area (Å²) < 4.78 is 81.8. The summed E-state index contributed by atoms with van der Waals surface area (Å²) in [5.74, 6) is -1.44. The van der Waals surface area contributed by atoms with Crippen LogP contribution in [0.3, 0.4) is 0 Å². The molecule has 2 N–H and O–H groups in total. The monoisotopic (exact) mass is 488 g/mol. The fraction of sp³-hybridized carbons (Fsp3) is 0.409. The van der Waals surface area contributed by atoms with E-state index in [2.05, 4.69) is 14.8 Å². The summed E-state index contributed by atoms with van der Waals surface area (Å²) in [6.45, 7) is 1.79. The van der Waals surface area contributed by atoms with Gasteiger partial charge in [0.25, 0.3) is 0 Å². The third-order valence-corrected chi connectivity index (χ3v) is 7.02. The largest absolute Gasteiger partial charge is 0.573 e. The van der Waals surface area contributed by atoms with Crippen LogP contribution in [0.1, 0.15) is 44.2 Å². The highest BCUT2D eigenvalue weighted by molar-refractivity contribution is 7.89. The molecule has 0 heterocycles. The molecule has 2 aromatic rings. The summed E-state index contributed by atoms with van der Waals surface area (Å²) >= 11 is 0. The van der Waals surface area contributed by atoms with Gasteiger partial charge in [0.15, 0.2) is 0 Å². The SMILES string of the molecule is C[C@@H](NC(=O)C1CCC(NS(=O)(=O)c2cccc(OC(F)(F)F)c2)CC1)c1ccc(F)cc1. The summed E-state index contributed by atoms with van der Waals surface area (Å²) in [5, 5.41) is 2.89. The van der Waals surface area contributed by atoms with Crippen molar-refractivity contribution in [3.05, 3.63) is 59.9 Å². The number of hydrogen-bond acceptors (Lipinski definition) is 4. The molecule has 0 aromatic heterocycles. The van der Waals surface area contributed by atoms with Gasteiger partial charge >= 0.3 is 6.36 Å². The molecule has 0 bridgehead atoms. The molecule has 1 aliphatic carbocycles. The Morgan fingerprint density at radius 3 is 2.30 bits per heavy atom. The Hall–Kier alpha value is -2.66. The lowest BCUT2D eigenvalue weighted by Crippen LogP contribution is -2.41. The number of rotatable bonds is 7. The zero-order chi connectivity index (χ0) is 24.2. The molecule has 1 amide bonds. The van der Waals surface area contributed by atoms with E-state index < -0.39 is 28.2 Å². The maximum atomic E-state index is 13.1. The van der Waals surface area contributed by atoms with Crippen molar-refractivity contribution in [2.45, 2.75) is 55.9 Å². The molecule has 0 unspecified atom stereocenters. The number of nitrogens with one attached hydrogen (secondary N) is 2. The average Bonchev–Trinajstić information content (AvgIpc) is 2.73. The minimum absolute atomic E-state index is 0.162. The molecule has 1 aliphatic rings. The van der Waals surface area contributed by atoms with Crippen LogP contribution in [0.25, 0.3) is 0 Å². The van der Waals surface area contributed by atoms with Crippen LogP contribution in [0.4, 0.5) is 17.6 Å². The zero-order valence-corrected chi connectivity index (χ0v) is 18.5. The first-order valence-corrected chi connectivity index (χ1v) is 11.9. The van der Waals surface area contributed by atoms with E-state index in [1.807, 2.05) is 0 Å². The Balaban J connectivity index is 1.53. The number of benzene rings is 2. The Morgan fingerprint density at radius 2 is 1.70 bits per heavy atom. The minimum atomic E-state index is -4.93. The Kier molecular flexibility index (Phi) is 7.63. The van der Waals surface area contributed by atoms with Crippen molar-refractivity contribution < 1.29 is 35.5 Å². The molecular formula is C22H24F4N2O4S. The number of hydrogen-bond donors (Lipinski definition) is 2. The van der Waals surface area contributed by atoms with E-state index in [1.165, 1.54) is 24.3 Å². The van der Waals surface area contributed by atoms with Crippen molar-refractivity contribution in [3.8, 4) is 5.75 Å². The normalized spacial score (nSPS) is 20.2. The molecule has 6 nitrogen and oxygen atoms in total. The average molecular weight is 489 g/mol. The zero-order valence-electron chi connectivity index (χ0n) is 17.7. The highest BCUT2D eigenvalue weighted by Gasteiger charge is 2.32. The first-order chi connectivity index (χ1) is 15.4. The van der Waals surface area contributed by atoms with Gasteiger partial charge in [-0.3, -0.25) is 4.79 Å². The van der Waals surface area contributed by atoms with Gasteiger partial charge in [-0.05, 0) is 62.4 Å². The molecule has 0 spiro atoms. The molecule has 0 aliphatic heterocycles. The molecule has 0 saturated heterocycles. The van der Waals surface area contributed by atoms with Gasteiger partial charge in [0.1, 0.15) is 11.6 Å². The molecule has 2 aromatic carbocycles. The fourth-order valence-corrected chi connectivity index (χ4v) is 5.11. The number of carbonyl (C=O) groups excluding carboxylic acids is 1. The number of alkyl halides is 3. The van der Waals surface area contributed by atoms with Crippen molar-refractivity contribution in [2.24, 2.45) is 5.92 Å². The highest BCUT2D eigenvalue weighted by atomic mass is 32.2. The van der Waals surface area contributed by atoms with Crippen molar-refractivity contribution in [3.63, 3.8) is 0 Å². The van der Waals surface area contributed by atoms with Gasteiger partial charge in [-0.15, -0.1) is 13.2 Å². The highest BCUT2D eigenvalue weighted by Crippen LogP contribution is 2.28. The van der Waals surface area contributed by atoms with Gasteiger partial charge in [0, 0.05) is 18.0 Å². The molecule has 33 heavy (non-hydrogen) atoms. The number of ether oxygens (including phenoxy) is 1. The third kappa shape index (κ3) is 7.16. The van der Waals surface area contributed by atoms with E-state index in [0.29, 0.717) is 25.7 Å². The number of halogens is 4. The number of carbonyl (C=O) groups is 1. The van der Waals surface area contributed by atoms with Crippen LogP contribution in [0.5, 0.6) is 5.75 Å². The van der Waals surface area contributed by atoms with Gasteiger partial charge in [0.05, 0.1) is 10.9 Å². The summed E-state index contributed by atoms with van der Waals surface area (Å²) in [6, 6.07) is 9.26. The van der Waals surface area contributed by atoms with Gasteiger partial charge in [-0.2, -0.15) is 0 Å². The van der Waals surface area contributed by atoms with Crippen LogP contribution in [0.2, 0.25) is 0 Å². The second kappa shape index (κ2) is 10.1. The molecular weight excluding hydrogens is 464 g/mol. The van der Waals surface area contributed by atoms with E-state index >= 15 is 0 Å². The van der Waals surface area contributed by atoms with Crippen molar-refractivity contribution in [1.29, 1.82) is 0 Å². The van der Waals surface area contributed by atoms with E-state index in [-0.39, 0.29) is 28.6 Å². The topological polar surface area (TPSA) is 84.5 Å². The lowest BCUT2D eigenvalue weighted by atomic mass is 9.85. The van der Waals surface area contributed by atoms with Crippen LogP contribution >= 0.6 is 0 Å². The van der Waals surface area contributed by atoms with Gasteiger partial charge in [0.2, 0.25) is 15.9 Å². The number of sulfonamides is 1. The van der Waals surface area contributed by atoms with E-state index in [4.69, 9.17) is 0 Å². The lowest BCUT2D eigenvalue weighted by molar-refractivity contribution is -0.274. The molecule has 180 valence electrons. The van der Waals surface area contributed by atoms with Crippen molar-refractivity contribution in [2.75, 3.05) is 0 Å². The van der Waals surface area contributed by atoms with Gasteiger partial charge < -0.3 is 10.1 Å². The molecule has 0 radical (unpaired) electrons. The summed E-state index contributed by atoms with van der Waals surface area (Å²) in [5.41, 5.74) is 0.767. The van der Waals surface area contributed by atoms with Crippen LogP contribution in [-0.4, -0.2) is 26.7 Å². The predicted molar refractivity (Wildman–Crippen MR) is 112 cm³/mol. The maximum Gasteiger partial charge on any atom is 0.573 e. The Morgan fingerprint density at radius 1 is 1.06 bits per heavy atom. The first-order valence-electron chi connectivity index (χ1n) is 10.4. The predicted octanol–water partition coefficient (Wildman–Crippen LogP) is 4.44. The van der Waals surface area contributed by atoms with E-state index in [9.17, 15) is 30.8 Å². The standard InChI is InChI=1S/C22H24F4N2O4S/c1-14(15-5-9-17(23)10-6-15)27-21(29)16-7-11-18(12-8-16)28-33(30,31)20-4-2-3-19(13-20)32-22(24,25)26/h2-6,9-10,13-14,16,18,28H,7-8,11-12H2,1H3,(H,27,29)/t14-,16?,18?/m1/s1. The smallest absolute Gasteiger partial charge is 0.406 e. The van der Waals surface area contributed by atoms with Crippen LogP contribution in [-0.2, 0) is 14.8 Å². The second-order valence-electron chi connectivity index (χ2n) is 7.97. The van der Waals surface area contributed by atoms with Crippen LogP contribution in [0, 0.1) is 11.7 Å². The molecule has 1 saturated carbocycles. The Bertz CT molecular complexity index is 1070. The quantitative estimate of drug-likeness (QED) is 0.565. The van der Waals surface area contributed by atoms with Crippen molar-refractivity contribution >= 4 is 15.9 Å². The van der Waals surface area contributed by atoms with Crippen molar-refractivity contribution in [1.82, 2.24) is 10.0 Å². The van der Waals surface area contributed by atoms with E-state index in [1.54, 1.807) is 19.1 Å². The summed E-state index contributed by atoms with van der Waals surface area (Å²) in [4.78, 5) is 12.2. The third-order valence-electron chi connectivity index (χ3n) is 5.50. The minimum Gasteiger partial charge on any atom is -0.406 e. The van der Waals surface area contributed by atoms with Crippen LogP contribution in [0.15, 0.2) is 53.4 Å². The fourth-order valence-electron chi connectivity index (χ4n) is 3.77. The lowest BCUT2D eigenvalue weighted by Gasteiger charge is -2.29. The Labute approximate surface area is 189 Å². The first kappa shape index (κ1) is 25.0. The second-order valence-corrected chi connectivity index (χ2v) is 9.69. The molecule has 1 fully saturated rings.